The maximum absolute atomic E-state index is 14.2. The van der Waals surface area contributed by atoms with Crippen LogP contribution >= 0.6 is 0 Å². The zero-order valence-corrected chi connectivity index (χ0v) is 25.3. The van der Waals surface area contributed by atoms with Crippen molar-refractivity contribution in [3.8, 4) is 0 Å². The molecule has 2 saturated carbocycles. The Labute approximate surface area is 234 Å². The molecule has 2 unspecified atom stereocenters. The molecular formula is C32H52O7. The molecule has 10 atom stereocenters. The number of aliphatic hydroxyl groups is 4. The molecule has 0 spiro atoms. The molecular weight excluding hydrogens is 496 g/mol. The minimum atomic E-state index is -1.53. The van der Waals surface area contributed by atoms with Gasteiger partial charge in [-0.1, -0.05) is 41.5 Å². The van der Waals surface area contributed by atoms with E-state index in [1.54, 1.807) is 0 Å². The number of ether oxygens (including phenoxy) is 1. The van der Waals surface area contributed by atoms with Crippen molar-refractivity contribution >= 4 is 11.8 Å². The summed E-state index contributed by atoms with van der Waals surface area (Å²) in [6.45, 7) is 15.5. The molecule has 0 aromatic heterocycles. The lowest BCUT2D eigenvalue weighted by Gasteiger charge is -2.62. The van der Waals surface area contributed by atoms with Gasteiger partial charge in [0.05, 0.1) is 18.8 Å². The average Bonchev–Trinajstić information content (AvgIpc) is 3.11. The second kappa shape index (κ2) is 9.92. The van der Waals surface area contributed by atoms with Gasteiger partial charge in [-0.05, 0) is 86.0 Å². The first kappa shape index (κ1) is 30.7. The second-order valence-electron chi connectivity index (χ2n) is 15.0. The third kappa shape index (κ3) is 4.54. The predicted molar refractivity (Wildman–Crippen MR) is 148 cm³/mol. The van der Waals surface area contributed by atoms with Crippen LogP contribution in [0.2, 0.25) is 0 Å². The number of esters is 1. The van der Waals surface area contributed by atoms with Crippen molar-refractivity contribution in [1.82, 2.24) is 0 Å². The lowest BCUT2D eigenvalue weighted by molar-refractivity contribution is -0.169. The van der Waals surface area contributed by atoms with Gasteiger partial charge in [0.2, 0.25) is 0 Å². The topological polar surface area (TPSA) is 124 Å². The maximum atomic E-state index is 14.2. The first-order valence-corrected chi connectivity index (χ1v) is 15.0. The minimum Gasteiger partial charge on any atom is -0.462 e. The average molecular weight is 549 g/mol. The normalized spacial score (nSPS) is 42.6. The molecule has 7 heteroatoms. The number of rotatable bonds is 7. The van der Waals surface area contributed by atoms with E-state index in [4.69, 9.17) is 4.74 Å². The fourth-order valence-corrected chi connectivity index (χ4v) is 9.82. The van der Waals surface area contributed by atoms with Gasteiger partial charge in [0.25, 0.3) is 0 Å². The van der Waals surface area contributed by atoms with E-state index in [1.807, 2.05) is 0 Å². The zero-order chi connectivity index (χ0) is 29.3. The van der Waals surface area contributed by atoms with Gasteiger partial charge in [0, 0.05) is 29.7 Å². The first-order valence-electron chi connectivity index (χ1n) is 15.0. The highest BCUT2D eigenvalue weighted by molar-refractivity contribution is 6.00. The molecule has 4 rings (SSSR count). The van der Waals surface area contributed by atoms with E-state index in [9.17, 15) is 30.0 Å². The monoisotopic (exact) mass is 548 g/mol. The molecule has 0 heterocycles. The van der Waals surface area contributed by atoms with Crippen LogP contribution in [-0.4, -0.2) is 62.7 Å². The van der Waals surface area contributed by atoms with E-state index in [0.29, 0.717) is 32.1 Å². The number of aliphatic hydroxyl groups excluding tert-OH is 3. The van der Waals surface area contributed by atoms with E-state index in [0.717, 1.165) is 30.4 Å². The summed E-state index contributed by atoms with van der Waals surface area (Å²) < 4.78 is 5.74. The van der Waals surface area contributed by atoms with Gasteiger partial charge in [-0.2, -0.15) is 0 Å². The van der Waals surface area contributed by atoms with Gasteiger partial charge in [-0.3, -0.25) is 9.59 Å². The third-order valence-electron chi connectivity index (χ3n) is 12.4. The first-order chi connectivity index (χ1) is 17.9. The Morgan fingerprint density at radius 1 is 1.13 bits per heavy atom. The number of ketones is 1. The van der Waals surface area contributed by atoms with Crippen LogP contribution < -0.4 is 0 Å². The molecule has 0 aromatic carbocycles. The fourth-order valence-electron chi connectivity index (χ4n) is 9.82. The van der Waals surface area contributed by atoms with Crippen molar-refractivity contribution in [3.63, 3.8) is 0 Å². The van der Waals surface area contributed by atoms with Gasteiger partial charge in [0.1, 0.15) is 11.7 Å². The van der Waals surface area contributed by atoms with E-state index in [2.05, 4.69) is 41.5 Å². The Hall–Kier alpha value is -1.28. The van der Waals surface area contributed by atoms with Crippen LogP contribution in [0.25, 0.3) is 0 Å². The summed E-state index contributed by atoms with van der Waals surface area (Å²) in [4.78, 5) is 26.0. The zero-order valence-electron chi connectivity index (χ0n) is 25.3. The highest BCUT2D eigenvalue weighted by atomic mass is 16.5. The summed E-state index contributed by atoms with van der Waals surface area (Å²) in [7, 11) is 0. The molecule has 0 aliphatic heterocycles. The number of fused-ring (bicyclic) bond motifs is 4. The number of carbonyl (C=O) groups excluding carboxylic acids is 2. The summed E-state index contributed by atoms with van der Waals surface area (Å²) >= 11 is 0. The van der Waals surface area contributed by atoms with E-state index >= 15 is 0 Å². The van der Waals surface area contributed by atoms with Crippen LogP contribution in [0.4, 0.5) is 0 Å². The van der Waals surface area contributed by atoms with E-state index in [1.165, 1.54) is 13.8 Å². The van der Waals surface area contributed by atoms with E-state index < -0.39 is 29.8 Å². The van der Waals surface area contributed by atoms with Gasteiger partial charge < -0.3 is 25.2 Å². The summed E-state index contributed by atoms with van der Waals surface area (Å²) in [5.41, 5.74) is -1.08. The van der Waals surface area contributed by atoms with Crippen LogP contribution in [-0.2, 0) is 14.3 Å². The molecule has 222 valence electrons. The van der Waals surface area contributed by atoms with Crippen LogP contribution in [0.3, 0.4) is 0 Å². The summed E-state index contributed by atoms with van der Waals surface area (Å²) in [5.74, 6) is 0.300. The molecule has 0 saturated heterocycles. The van der Waals surface area contributed by atoms with Crippen LogP contribution in [0, 0.1) is 39.4 Å². The highest BCUT2D eigenvalue weighted by Crippen LogP contribution is 2.72. The molecule has 4 aliphatic carbocycles. The summed E-state index contributed by atoms with van der Waals surface area (Å²) in [5, 5.41) is 42.0. The number of carbonyl (C=O) groups is 2. The SMILES string of the molecule is CC(=O)O[C@H]1CC[C@]2(C)C3=C(C(=O)C[C@H]2C1(C)C)[C@]1(C)CC[C@H]([C@H](C)CCC(O)C(C)(O)CO)[C@@]1(C)C[C@@H]3O. The van der Waals surface area contributed by atoms with Crippen LogP contribution in [0.15, 0.2) is 11.1 Å². The fraction of sp³-hybridized carbons (Fsp3) is 0.875. The number of hydrogen-bond acceptors (Lipinski definition) is 7. The maximum Gasteiger partial charge on any atom is 0.302 e. The van der Waals surface area contributed by atoms with Crippen molar-refractivity contribution in [2.45, 2.75) is 131 Å². The van der Waals surface area contributed by atoms with Gasteiger partial charge in [-0.25, -0.2) is 0 Å². The third-order valence-corrected chi connectivity index (χ3v) is 12.4. The van der Waals surface area contributed by atoms with Crippen molar-refractivity contribution in [3.05, 3.63) is 11.1 Å². The van der Waals surface area contributed by atoms with Gasteiger partial charge >= 0.3 is 5.97 Å². The minimum absolute atomic E-state index is 0.0196. The Balaban J connectivity index is 1.67. The standard InChI is InChI=1S/C32H52O7/c1-18(9-10-24(37)32(8,38)17-33)20-11-14-30(6)27-21(35)15-23-28(3,4)25(39-19(2)34)12-13-29(23,5)26(27)22(36)16-31(20,30)7/h18,20,22-25,33,36-38H,9-17H2,1-8H3/t18-,20-,22+,23+,24?,25+,29+,30+,31-,32?/m1/s1. The molecule has 4 N–H and O–H groups in total. The molecule has 2 fully saturated rings. The van der Waals surface area contributed by atoms with Crippen molar-refractivity contribution in [1.29, 1.82) is 0 Å². The van der Waals surface area contributed by atoms with Gasteiger partial charge in [-0.15, -0.1) is 0 Å². The summed E-state index contributed by atoms with van der Waals surface area (Å²) in [6, 6.07) is 0. The van der Waals surface area contributed by atoms with Crippen molar-refractivity contribution in [2.75, 3.05) is 6.61 Å². The van der Waals surface area contributed by atoms with Crippen LogP contribution in [0.1, 0.15) is 107 Å². The predicted octanol–water partition coefficient (Wildman–Crippen LogP) is 4.34. The number of hydrogen-bond donors (Lipinski definition) is 4. The van der Waals surface area contributed by atoms with E-state index in [-0.39, 0.29) is 51.9 Å². The number of allylic oxidation sites excluding steroid dienone is 1. The Morgan fingerprint density at radius 2 is 1.77 bits per heavy atom. The largest absolute Gasteiger partial charge is 0.462 e. The molecule has 0 aromatic rings. The Morgan fingerprint density at radius 3 is 2.36 bits per heavy atom. The lowest BCUT2D eigenvalue weighted by atomic mass is 9.42. The summed E-state index contributed by atoms with van der Waals surface area (Å²) in [6.07, 6.45) is 3.42. The smallest absolute Gasteiger partial charge is 0.302 e. The molecule has 0 amide bonds. The van der Waals surface area contributed by atoms with Crippen LogP contribution in [0.5, 0.6) is 0 Å². The molecule has 4 aliphatic rings. The molecule has 39 heavy (non-hydrogen) atoms. The molecule has 0 radical (unpaired) electrons. The molecule has 0 bridgehead atoms. The molecule has 7 nitrogen and oxygen atoms in total. The van der Waals surface area contributed by atoms with Gasteiger partial charge in [0.15, 0.2) is 5.78 Å². The quantitative estimate of drug-likeness (QED) is 0.349. The Bertz CT molecular complexity index is 1030. The second-order valence-corrected chi connectivity index (χ2v) is 15.0. The van der Waals surface area contributed by atoms with Crippen molar-refractivity contribution < 1.29 is 34.8 Å². The Kier molecular flexibility index (Phi) is 7.80. The highest BCUT2D eigenvalue weighted by Gasteiger charge is 2.67. The number of Topliss-reactive ketones (excluding diaryl/α,β-unsaturated/α-hetero) is 1. The lowest BCUT2D eigenvalue weighted by Crippen LogP contribution is -2.60. The van der Waals surface area contributed by atoms with Crippen molar-refractivity contribution in [2.24, 2.45) is 39.4 Å².